The Bertz CT molecular complexity index is 886. The highest BCUT2D eigenvalue weighted by Gasteiger charge is 2.52. The molecule has 2 fully saturated rings. The Morgan fingerprint density at radius 3 is 2.21 bits per heavy atom. The van der Waals surface area contributed by atoms with Crippen LogP contribution in [0.3, 0.4) is 0 Å². The van der Waals surface area contributed by atoms with E-state index in [4.69, 9.17) is 14.0 Å². The van der Waals surface area contributed by atoms with Crippen LogP contribution < -0.4 is 15.7 Å². The Kier molecular flexibility index (Phi) is 7.20. The molecule has 34 heavy (non-hydrogen) atoms. The molecule has 11 heteroatoms. The van der Waals surface area contributed by atoms with Gasteiger partial charge in [-0.3, -0.25) is 4.79 Å². The number of nitrogens with one attached hydrogen (secondary N) is 1. The van der Waals surface area contributed by atoms with Crippen LogP contribution in [-0.4, -0.2) is 82.5 Å². The zero-order valence-corrected chi connectivity index (χ0v) is 21.8. The molecule has 1 aromatic rings. The van der Waals surface area contributed by atoms with Crippen molar-refractivity contribution >= 4 is 30.5 Å². The molecule has 1 aromatic heterocycles. The summed E-state index contributed by atoms with van der Waals surface area (Å²) in [6.07, 6.45) is 2.87. The lowest BCUT2D eigenvalue weighted by Crippen LogP contribution is -2.58. The lowest BCUT2D eigenvalue weighted by atomic mass is 9.81. The second-order valence-corrected chi connectivity index (χ2v) is 11.1. The Morgan fingerprint density at radius 2 is 1.71 bits per heavy atom. The molecule has 2 amide bonds. The highest BCUT2D eigenvalue weighted by atomic mass is 16.7. The maximum Gasteiger partial charge on any atom is 0.498 e. The summed E-state index contributed by atoms with van der Waals surface area (Å²) in [6, 6.07) is -0.668. The van der Waals surface area contributed by atoms with Gasteiger partial charge in [0.1, 0.15) is 11.6 Å². The number of rotatable bonds is 4. The minimum absolute atomic E-state index is 0.00845. The molecule has 0 aliphatic carbocycles. The Labute approximate surface area is 202 Å². The molecule has 2 aliphatic heterocycles. The molecule has 0 radical (unpaired) electrons. The Balaban J connectivity index is 1.57. The van der Waals surface area contributed by atoms with Gasteiger partial charge in [0.25, 0.3) is 0 Å². The van der Waals surface area contributed by atoms with Crippen molar-refractivity contribution in [1.82, 2.24) is 20.2 Å². The van der Waals surface area contributed by atoms with Gasteiger partial charge in [-0.1, -0.05) is 0 Å². The number of ether oxygens (including phenoxy) is 1. The summed E-state index contributed by atoms with van der Waals surface area (Å²) in [7, 11) is -0.509. The van der Waals surface area contributed by atoms with Gasteiger partial charge < -0.3 is 29.2 Å². The number of alkyl carbamates (subject to hydrolysis) is 1. The minimum atomic E-state index is -0.677. The number of hydrogen-bond acceptors (Lipinski definition) is 8. The predicted molar refractivity (Wildman–Crippen MR) is 130 cm³/mol. The van der Waals surface area contributed by atoms with E-state index in [9.17, 15) is 9.59 Å². The molecule has 188 valence electrons. The zero-order valence-electron chi connectivity index (χ0n) is 21.8. The van der Waals surface area contributed by atoms with Crippen molar-refractivity contribution in [2.45, 2.75) is 91.2 Å². The molecule has 0 bridgehead atoms. The van der Waals surface area contributed by atoms with Gasteiger partial charge in [-0.25, -0.2) is 14.8 Å². The fourth-order valence-corrected chi connectivity index (χ4v) is 3.86. The number of aromatic nitrogens is 2. The number of hydrogen-bond donors (Lipinski definition) is 1. The maximum absolute atomic E-state index is 12.9. The number of anilines is 1. The van der Waals surface area contributed by atoms with Crippen molar-refractivity contribution in [3.05, 3.63) is 12.4 Å². The van der Waals surface area contributed by atoms with Gasteiger partial charge >= 0.3 is 13.2 Å². The third-order valence-electron chi connectivity index (χ3n) is 6.48. The second-order valence-electron chi connectivity index (χ2n) is 11.1. The maximum atomic E-state index is 12.9. The summed E-state index contributed by atoms with van der Waals surface area (Å²) in [5.74, 6) is 0.453. The molecule has 2 saturated heterocycles. The van der Waals surface area contributed by atoms with E-state index < -0.39 is 36.1 Å². The molecule has 0 unspecified atom stereocenters. The lowest BCUT2D eigenvalue weighted by molar-refractivity contribution is -0.133. The molecular formula is C23H38BN5O5. The van der Waals surface area contributed by atoms with Crippen LogP contribution in [0.1, 0.15) is 62.3 Å². The lowest BCUT2D eigenvalue weighted by Gasteiger charge is -2.40. The van der Waals surface area contributed by atoms with Gasteiger partial charge in [0, 0.05) is 43.5 Å². The van der Waals surface area contributed by atoms with E-state index >= 15 is 0 Å². The molecule has 1 N–H and O–H groups in total. The zero-order chi connectivity index (χ0) is 25.5. The molecular weight excluding hydrogens is 437 g/mol. The average Bonchev–Trinajstić information content (AvgIpc) is 2.93. The van der Waals surface area contributed by atoms with E-state index in [2.05, 4.69) is 20.2 Å². The van der Waals surface area contributed by atoms with E-state index in [1.165, 1.54) is 0 Å². The van der Waals surface area contributed by atoms with Crippen LogP contribution in [0.5, 0.6) is 0 Å². The quantitative estimate of drug-likeness (QED) is 0.657. The summed E-state index contributed by atoms with van der Waals surface area (Å²) in [4.78, 5) is 37.8. The van der Waals surface area contributed by atoms with Gasteiger partial charge in [0.2, 0.25) is 11.9 Å². The van der Waals surface area contributed by atoms with Crippen molar-refractivity contribution < 1.29 is 23.6 Å². The van der Waals surface area contributed by atoms with E-state index in [1.807, 2.05) is 34.6 Å². The third kappa shape index (κ3) is 5.80. The van der Waals surface area contributed by atoms with Crippen molar-refractivity contribution in [1.29, 1.82) is 0 Å². The number of carbonyl (C=O) groups is 2. The molecule has 0 aromatic carbocycles. The van der Waals surface area contributed by atoms with Crippen LogP contribution in [-0.2, 0) is 18.8 Å². The van der Waals surface area contributed by atoms with Crippen molar-refractivity contribution in [3.63, 3.8) is 0 Å². The van der Waals surface area contributed by atoms with Crippen LogP contribution in [0.4, 0.5) is 10.7 Å². The third-order valence-corrected chi connectivity index (χ3v) is 6.48. The molecule has 0 spiro atoms. The van der Waals surface area contributed by atoms with Crippen LogP contribution in [0.2, 0.25) is 0 Å². The fourth-order valence-electron chi connectivity index (χ4n) is 3.86. The van der Waals surface area contributed by atoms with Crippen LogP contribution in [0.15, 0.2) is 12.4 Å². The van der Waals surface area contributed by atoms with E-state index in [1.54, 1.807) is 45.0 Å². The first-order valence-electron chi connectivity index (χ1n) is 11.8. The topological polar surface area (TPSA) is 106 Å². The number of nitrogens with zero attached hydrogens (tertiary/aromatic N) is 4. The first kappa shape index (κ1) is 26.2. The van der Waals surface area contributed by atoms with Gasteiger partial charge in [-0.2, -0.15) is 0 Å². The first-order valence-corrected chi connectivity index (χ1v) is 11.8. The van der Waals surface area contributed by atoms with Gasteiger partial charge in [-0.05, 0) is 62.3 Å². The summed E-state index contributed by atoms with van der Waals surface area (Å²) in [5.41, 5.74) is -0.705. The SMILES string of the molecule is C[C@@H](NC(=O)OC(C)(C)C)C(=O)N1CCN(c2ncc(B3OC(C)(C)C(C)(C)O3)cn2)[C@@H](C)C1. The van der Waals surface area contributed by atoms with E-state index in [-0.39, 0.29) is 11.9 Å². The van der Waals surface area contributed by atoms with E-state index in [0.717, 1.165) is 5.46 Å². The normalized spacial score (nSPS) is 23.0. The van der Waals surface area contributed by atoms with Crippen LogP contribution >= 0.6 is 0 Å². The van der Waals surface area contributed by atoms with Crippen molar-refractivity contribution in [2.24, 2.45) is 0 Å². The largest absolute Gasteiger partial charge is 0.498 e. The summed E-state index contributed by atoms with van der Waals surface area (Å²) < 4.78 is 17.4. The first-order chi connectivity index (χ1) is 15.6. The highest BCUT2D eigenvalue weighted by Crippen LogP contribution is 2.36. The molecule has 2 atom stereocenters. The second kappa shape index (κ2) is 9.33. The van der Waals surface area contributed by atoms with E-state index in [0.29, 0.717) is 25.6 Å². The number of amides is 2. The van der Waals surface area contributed by atoms with Gasteiger partial charge in [0.05, 0.1) is 11.2 Å². The summed E-state index contributed by atoms with van der Waals surface area (Å²) in [5, 5.41) is 2.62. The van der Waals surface area contributed by atoms with Crippen molar-refractivity contribution in [2.75, 3.05) is 24.5 Å². The standard InChI is InChI=1S/C23H38BN5O5/c1-15-14-28(18(30)16(2)27-20(31)32-21(3,4)5)10-11-29(15)19-25-12-17(13-26-19)24-33-22(6,7)23(8,9)34-24/h12-13,15-16H,10-11,14H2,1-9H3,(H,27,31)/t15-,16+/m0/s1. The highest BCUT2D eigenvalue weighted by molar-refractivity contribution is 6.61. The molecule has 0 saturated carbocycles. The number of piperazine rings is 1. The minimum Gasteiger partial charge on any atom is -0.444 e. The van der Waals surface area contributed by atoms with Crippen LogP contribution in [0, 0.1) is 0 Å². The van der Waals surface area contributed by atoms with Gasteiger partial charge in [0.15, 0.2) is 0 Å². The molecule has 3 heterocycles. The monoisotopic (exact) mass is 475 g/mol. The summed E-state index contributed by atoms with van der Waals surface area (Å²) >= 11 is 0. The molecule has 3 rings (SSSR count). The smallest absolute Gasteiger partial charge is 0.444 e. The van der Waals surface area contributed by atoms with Crippen molar-refractivity contribution in [3.8, 4) is 0 Å². The molecule has 10 nitrogen and oxygen atoms in total. The summed E-state index contributed by atoms with van der Waals surface area (Å²) in [6.45, 7) is 18.7. The average molecular weight is 475 g/mol. The number of carbonyl (C=O) groups excluding carboxylic acids is 2. The van der Waals surface area contributed by atoms with Crippen LogP contribution in [0.25, 0.3) is 0 Å². The molecule has 2 aliphatic rings. The predicted octanol–water partition coefficient (Wildman–Crippen LogP) is 1.73. The fraction of sp³-hybridized carbons (Fsp3) is 0.739. The van der Waals surface area contributed by atoms with Gasteiger partial charge in [-0.15, -0.1) is 0 Å². The Morgan fingerprint density at radius 1 is 1.15 bits per heavy atom. The Hall–Kier alpha value is -2.40.